The van der Waals surface area contributed by atoms with Crippen LogP contribution in [-0.4, -0.2) is 27.6 Å². The lowest BCUT2D eigenvalue weighted by Crippen LogP contribution is -2.27. The lowest BCUT2D eigenvalue weighted by Gasteiger charge is -2.22. The van der Waals surface area contributed by atoms with Crippen LogP contribution in [0, 0.1) is 11.3 Å². The molecule has 2 aliphatic heterocycles. The second kappa shape index (κ2) is 8.98. The number of rotatable bonds is 5. The number of nitrogens with one attached hydrogen (secondary N) is 1. The van der Waals surface area contributed by atoms with Crippen molar-refractivity contribution in [3.8, 4) is 6.07 Å². The van der Waals surface area contributed by atoms with Crippen LogP contribution >= 0.6 is 23.4 Å². The van der Waals surface area contributed by atoms with E-state index >= 15 is 0 Å². The van der Waals surface area contributed by atoms with Crippen LogP contribution in [0.1, 0.15) is 33.3 Å². The maximum atomic E-state index is 12.9. The summed E-state index contributed by atoms with van der Waals surface area (Å²) in [5, 5.41) is 23.0. The van der Waals surface area contributed by atoms with Gasteiger partial charge in [-0.25, -0.2) is 0 Å². The second-order valence-electron chi connectivity index (χ2n) is 7.09. The highest BCUT2D eigenvalue weighted by atomic mass is 35.5. The van der Waals surface area contributed by atoms with E-state index in [1.807, 2.05) is 30.3 Å². The molecule has 4 rings (SSSR count). The summed E-state index contributed by atoms with van der Waals surface area (Å²) in [4.78, 5) is 27.4. The van der Waals surface area contributed by atoms with Crippen LogP contribution in [0.3, 0.4) is 0 Å². The summed E-state index contributed by atoms with van der Waals surface area (Å²) in [5.41, 5.74) is 2.84. The van der Waals surface area contributed by atoms with Gasteiger partial charge in [-0.3, -0.25) is 9.59 Å². The molecule has 0 aliphatic carbocycles. The third kappa shape index (κ3) is 4.37. The molecule has 8 heteroatoms. The van der Waals surface area contributed by atoms with Crippen molar-refractivity contribution < 1.29 is 14.7 Å². The van der Waals surface area contributed by atoms with Gasteiger partial charge in [-0.1, -0.05) is 48.0 Å². The van der Waals surface area contributed by atoms with Gasteiger partial charge in [0.1, 0.15) is 0 Å². The zero-order valence-electron chi connectivity index (χ0n) is 16.3. The molecule has 0 bridgehead atoms. The fourth-order valence-corrected chi connectivity index (χ4v) is 4.70. The Bertz CT molecular complexity index is 1150. The molecule has 2 amide bonds. The molecule has 2 aromatic carbocycles. The monoisotopic (exact) mass is 451 g/mol. The molecule has 2 N–H and O–H groups in total. The molecule has 0 spiro atoms. The Morgan fingerprint density at radius 1 is 1.26 bits per heavy atom. The number of aliphatic hydroxyl groups is 1. The number of nitrogens with zero attached hydrogens (tertiary/aromatic N) is 2. The highest BCUT2D eigenvalue weighted by molar-refractivity contribution is 8.04. The van der Waals surface area contributed by atoms with Crippen molar-refractivity contribution in [2.24, 2.45) is 0 Å². The van der Waals surface area contributed by atoms with E-state index in [0.717, 1.165) is 11.1 Å². The Morgan fingerprint density at radius 3 is 2.71 bits per heavy atom. The predicted molar refractivity (Wildman–Crippen MR) is 120 cm³/mol. The molecule has 6 nitrogen and oxygen atoms in total. The van der Waals surface area contributed by atoms with E-state index in [0.29, 0.717) is 38.9 Å². The summed E-state index contributed by atoms with van der Waals surface area (Å²) in [6.07, 6.45) is 2.54. The summed E-state index contributed by atoms with van der Waals surface area (Å²) in [6, 6.07) is 14.4. The van der Waals surface area contributed by atoms with Gasteiger partial charge in [-0.05, 0) is 29.3 Å². The molecular formula is C23H18ClN3O3S. The van der Waals surface area contributed by atoms with E-state index in [9.17, 15) is 14.7 Å². The molecule has 0 aromatic heterocycles. The van der Waals surface area contributed by atoms with Crippen LogP contribution in [0.2, 0.25) is 0 Å². The van der Waals surface area contributed by atoms with Crippen LogP contribution in [0.4, 0.5) is 5.69 Å². The number of fused-ring (bicyclic) bond motifs is 1. The zero-order valence-corrected chi connectivity index (χ0v) is 17.9. The highest BCUT2D eigenvalue weighted by Gasteiger charge is 2.37. The normalized spacial score (nSPS) is 17.5. The number of carbonyl (C=O) groups is 2. The molecule has 2 aliphatic rings. The molecule has 2 heterocycles. The number of carbonyl (C=O) groups excluding carboxylic acids is 2. The fraction of sp³-hybridized carbons (Fsp3) is 0.174. The number of hydrogen-bond donors (Lipinski definition) is 2. The van der Waals surface area contributed by atoms with Crippen LogP contribution in [0.5, 0.6) is 0 Å². The molecule has 156 valence electrons. The van der Waals surface area contributed by atoms with Gasteiger partial charge in [0.2, 0.25) is 0 Å². The summed E-state index contributed by atoms with van der Waals surface area (Å²) in [6.45, 7) is 0.205. The zero-order chi connectivity index (χ0) is 22.0. The minimum absolute atomic E-state index is 0.205. The standard InChI is InChI=1S/C23H18ClN3O3S/c24-16-9-11-31-19(12-16)21(28)26-18-3-1-2-17-20(18)23(30)27(22(17)29)13-15-6-4-14(5-7-15)8-10-25/h1-7,9,12,23,30H,8,11,13H2,(H,26,28). The first-order chi connectivity index (χ1) is 15.0. The lowest BCUT2D eigenvalue weighted by atomic mass is 10.1. The Morgan fingerprint density at radius 2 is 2.00 bits per heavy atom. The van der Waals surface area contributed by atoms with Crippen LogP contribution in [-0.2, 0) is 17.8 Å². The van der Waals surface area contributed by atoms with E-state index in [1.165, 1.54) is 16.7 Å². The van der Waals surface area contributed by atoms with Gasteiger partial charge in [0, 0.05) is 34.1 Å². The quantitative estimate of drug-likeness (QED) is 0.714. The Kier molecular flexibility index (Phi) is 6.14. The number of allylic oxidation sites excluding steroid dienone is 2. The molecule has 0 saturated heterocycles. The van der Waals surface area contributed by atoms with E-state index in [-0.39, 0.29) is 18.4 Å². The van der Waals surface area contributed by atoms with E-state index in [4.69, 9.17) is 16.9 Å². The SMILES string of the molecule is N#CCc1ccc(CN2C(=O)c3cccc(NC(=O)C4=CC(Cl)=CCS4)c3C2O)cc1. The summed E-state index contributed by atoms with van der Waals surface area (Å²) < 4.78 is 0. The van der Waals surface area contributed by atoms with Gasteiger partial charge >= 0.3 is 0 Å². The van der Waals surface area contributed by atoms with Crippen LogP contribution in [0.15, 0.2) is 64.6 Å². The Labute approximate surface area is 188 Å². The van der Waals surface area contributed by atoms with E-state index in [2.05, 4.69) is 11.4 Å². The molecule has 31 heavy (non-hydrogen) atoms. The summed E-state index contributed by atoms with van der Waals surface area (Å²) in [5.74, 6) is -0.0414. The first-order valence-corrected chi connectivity index (χ1v) is 10.9. The number of thioether (sulfide) groups is 1. The maximum Gasteiger partial charge on any atom is 0.262 e. The van der Waals surface area contributed by atoms with Crippen molar-refractivity contribution >= 4 is 40.9 Å². The Balaban J connectivity index is 1.55. The molecule has 0 saturated carbocycles. The summed E-state index contributed by atoms with van der Waals surface area (Å²) in [7, 11) is 0. The minimum Gasteiger partial charge on any atom is -0.369 e. The first-order valence-electron chi connectivity index (χ1n) is 9.56. The summed E-state index contributed by atoms with van der Waals surface area (Å²) >= 11 is 7.37. The molecule has 2 aromatic rings. The first kappa shape index (κ1) is 21.2. The van der Waals surface area contributed by atoms with Crippen molar-refractivity contribution in [3.05, 3.63) is 86.8 Å². The number of halogens is 1. The van der Waals surface area contributed by atoms with Gasteiger partial charge in [-0.2, -0.15) is 5.26 Å². The minimum atomic E-state index is -1.19. The third-order valence-electron chi connectivity index (χ3n) is 5.07. The topological polar surface area (TPSA) is 93.4 Å². The number of nitriles is 1. The molecule has 1 unspecified atom stereocenters. The molecular weight excluding hydrogens is 434 g/mol. The average molecular weight is 452 g/mol. The molecule has 0 fully saturated rings. The molecule has 0 radical (unpaired) electrons. The van der Waals surface area contributed by atoms with Crippen molar-refractivity contribution in [2.75, 3.05) is 11.1 Å². The van der Waals surface area contributed by atoms with Gasteiger partial charge in [0.15, 0.2) is 6.23 Å². The number of hydrogen-bond acceptors (Lipinski definition) is 5. The number of aliphatic hydroxyl groups excluding tert-OH is 1. The number of benzene rings is 2. The smallest absolute Gasteiger partial charge is 0.262 e. The average Bonchev–Trinajstić information content (AvgIpc) is 3.01. The maximum absolute atomic E-state index is 12.9. The van der Waals surface area contributed by atoms with Gasteiger partial charge in [0.25, 0.3) is 11.8 Å². The van der Waals surface area contributed by atoms with Gasteiger partial charge in [-0.15, -0.1) is 11.8 Å². The van der Waals surface area contributed by atoms with Gasteiger partial charge < -0.3 is 15.3 Å². The van der Waals surface area contributed by atoms with Crippen molar-refractivity contribution in [2.45, 2.75) is 19.2 Å². The van der Waals surface area contributed by atoms with Crippen molar-refractivity contribution in [1.82, 2.24) is 4.90 Å². The number of anilines is 1. The lowest BCUT2D eigenvalue weighted by molar-refractivity contribution is -0.112. The van der Waals surface area contributed by atoms with E-state index in [1.54, 1.807) is 24.3 Å². The number of amides is 2. The van der Waals surface area contributed by atoms with Crippen LogP contribution in [0.25, 0.3) is 0 Å². The Hall–Kier alpha value is -3.05. The van der Waals surface area contributed by atoms with E-state index < -0.39 is 6.23 Å². The fourth-order valence-electron chi connectivity index (χ4n) is 3.52. The van der Waals surface area contributed by atoms with Crippen molar-refractivity contribution in [3.63, 3.8) is 0 Å². The van der Waals surface area contributed by atoms with Crippen molar-refractivity contribution in [1.29, 1.82) is 5.26 Å². The highest BCUT2D eigenvalue weighted by Crippen LogP contribution is 2.38. The third-order valence-corrected chi connectivity index (χ3v) is 6.28. The predicted octanol–water partition coefficient (Wildman–Crippen LogP) is 4.09. The molecule has 1 atom stereocenters. The van der Waals surface area contributed by atoms with Crippen LogP contribution < -0.4 is 5.32 Å². The second-order valence-corrected chi connectivity index (χ2v) is 8.59. The largest absolute Gasteiger partial charge is 0.369 e. The van der Waals surface area contributed by atoms with Gasteiger partial charge in [0.05, 0.1) is 17.4 Å².